The summed E-state index contributed by atoms with van der Waals surface area (Å²) in [7, 11) is 0. The van der Waals surface area contributed by atoms with Crippen LogP contribution in [0, 0.1) is 5.82 Å². The summed E-state index contributed by atoms with van der Waals surface area (Å²) in [5, 5.41) is 3.08. The summed E-state index contributed by atoms with van der Waals surface area (Å²) in [5.74, 6) is -0.581. The van der Waals surface area contributed by atoms with E-state index >= 15 is 0 Å². The first-order valence-electron chi connectivity index (χ1n) is 7.86. The second-order valence-electron chi connectivity index (χ2n) is 5.16. The number of carbonyl (C=O) groups is 1. The highest BCUT2D eigenvalue weighted by Gasteiger charge is 2.19. The fraction of sp³-hybridized carbons (Fsp3) is 0.588. The molecule has 0 aliphatic heterocycles. The van der Waals surface area contributed by atoms with Crippen LogP contribution in [-0.2, 0) is 9.53 Å². The lowest BCUT2D eigenvalue weighted by molar-refractivity contribution is -0.144. The van der Waals surface area contributed by atoms with Crippen LogP contribution in [0.5, 0.6) is 0 Å². The molecule has 1 rings (SSSR count). The number of hydrogen-bond donors (Lipinski definition) is 1. The number of hydrogen-bond acceptors (Lipinski definition) is 3. The van der Waals surface area contributed by atoms with Gasteiger partial charge in [0.1, 0.15) is 11.9 Å². The molecule has 0 fully saturated rings. The van der Waals surface area contributed by atoms with Crippen LogP contribution in [0.2, 0.25) is 0 Å². The maximum Gasteiger partial charge on any atom is 0.328 e. The minimum Gasteiger partial charge on any atom is -0.464 e. The molecule has 0 spiro atoms. The van der Waals surface area contributed by atoms with Gasteiger partial charge in [0.25, 0.3) is 0 Å². The highest BCUT2D eigenvalue weighted by Crippen LogP contribution is 2.15. The molecule has 0 aromatic heterocycles. The number of ether oxygens (including phenoxy) is 1. The van der Waals surface area contributed by atoms with Gasteiger partial charge in [0.2, 0.25) is 0 Å². The van der Waals surface area contributed by atoms with Crippen molar-refractivity contribution < 1.29 is 13.9 Å². The smallest absolute Gasteiger partial charge is 0.328 e. The van der Waals surface area contributed by atoms with Gasteiger partial charge in [0, 0.05) is 5.69 Å². The van der Waals surface area contributed by atoms with Crippen LogP contribution in [0.25, 0.3) is 0 Å². The first-order valence-corrected chi connectivity index (χ1v) is 7.86. The molecule has 0 heterocycles. The first kappa shape index (κ1) is 17.5. The lowest BCUT2D eigenvalue weighted by atomic mass is 10.1. The molecular formula is C17H26FNO2. The molecule has 1 aromatic carbocycles. The van der Waals surface area contributed by atoms with Gasteiger partial charge in [0.05, 0.1) is 6.61 Å². The average molecular weight is 295 g/mol. The normalized spacial score (nSPS) is 12.0. The van der Waals surface area contributed by atoms with Crippen LogP contribution in [0.1, 0.15) is 52.4 Å². The van der Waals surface area contributed by atoms with Crippen molar-refractivity contribution >= 4 is 11.7 Å². The summed E-state index contributed by atoms with van der Waals surface area (Å²) < 4.78 is 18.3. The van der Waals surface area contributed by atoms with E-state index in [9.17, 15) is 9.18 Å². The molecule has 118 valence electrons. The Morgan fingerprint density at radius 2 is 2.00 bits per heavy atom. The Labute approximate surface area is 126 Å². The van der Waals surface area contributed by atoms with E-state index in [1.54, 1.807) is 19.1 Å². The van der Waals surface area contributed by atoms with E-state index in [4.69, 9.17) is 4.74 Å². The molecule has 1 unspecified atom stereocenters. The van der Waals surface area contributed by atoms with E-state index in [1.165, 1.54) is 31.4 Å². The van der Waals surface area contributed by atoms with Crippen molar-refractivity contribution in [1.82, 2.24) is 0 Å². The maximum atomic E-state index is 13.2. The average Bonchev–Trinajstić information content (AvgIpc) is 2.46. The number of rotatable bonds is 10. The van der Waals surface area contributed by atoms with E-state index in [-0.39, 0.29) is 11.8 Å². The van der Waals surface area contributed by atoms with Crippen molar-refractivity contribution in [3.05, 3.63) is 30.1 Å². The number of nitrogens with one attached hydrogen (secondary N) is 1. The molecule has 21 heavy (non-hydrogen) atoms. The molecule has 0 amide bonds. The molecule has 0 saturated carbocycles. The SMILES string of the molecule is CCCCCCCC(Nc1cccc(F)c1)C(=O)OCC. The highest BCUT2D eigenvalue weighted by molar-refractivity contribution is 5.79. The molecule has 0 aliphatic rings. The zero-order chi connectivity index (χ0) is 15.5. The number of unbranched alkanes of at least 4 members (excludes halogenated alkanes) is 4. The van der Waals surface area contributed by atoms with E-state index in [0.29, 0.717) is 18.7 Å². The topological polar surface area (TPSA) is 38.3 Å². The molecule has 4 heteroatoms. The van der Waals surface area contributed by atoms with Gasteiger partial charge < -0.3 is 10.1 Å². The second kappa shape index (κ2) is 10.2. The lowest BCUT2D eigenvalue weighted by Gasteiger charge is -2.18. The monoisotopic (exact) mass is 295 g/mol. The van der Waals surface area contributed by atoms with Crippen LogP contribution in [0.15, 0.2) is 24.3 Å². The van der Waals surface area contributed by atoms with E-state index in [0.717, 1.165) is 12.8 Å². The fourth-order valence-electron chi connectivity index (χ4n) is 2.22. The minimum absolute atomic E-state index is 0.266. The molecule has 0 aliphatic carbocycles. The number of anilines is 1. The molecule has 0 radical (unpaired) electrons. The van der Waals surface area contributed by atoms with Gasteiger partial charge in [0.15, 0.2) is 0 Å². The molecular weight excluding hydrogens is 269 g/mol. The molecule has 0 bridgehead atoms. The van der Waals surface area contributed by atoms with Gasteiger partial charge in [-0.25, -0.2) is 9.18 Å². The van der Waals surface area contributed by atoms with Crippen LogP contribution in [-0.4, -0.2) is 18.6 Å². The third kappa shape index (κ3) is 7.11. The zero-order valence-electron chi connectivity index (χ0n) is 13.0. The van der Waals surface area contributed by atoms with Crippen LogP contribution in [0.3, 0.4) is 0 Å². The van der Waals surface area contributed by atoms with Crippen molar-refractivity contribution in [1.29, 1.82) is 0 Å². The number of carbonyl (C=O) groups excluding carboxylic acids is 1. The number of halogens is 1. The van der Waals surface area contributed by atoms with Gasteiger partial charge in [-0.1, -0.05) is 45.1 Å². The minimum atomic E-state index is -0.409. The number of esters is 1. The first-order chi connectivity index (χ1) is 10.2. The standard InChI is InChI=1S/C17H26FNO2/c1-3-5-6-7-8-12-16(17(20)21-4-2)19-15-11-9-10-14(18)13-15/h9-11,13,16,19H,3-8,12H2,1-2H3. The largest absolute Gasteiger partial charge is 0.464 e. The Morgan fingerprint density at radius 1 is 1.24 bits per heavy atom. The van der Waals surface area contributed by atoms with E-state index < -0.39 is 6.04 Å². The molecule has 1 N–H and O–H groups in total. The third-order valence-corrected chi connectivity index (χ3v) is 3.33. The molecule has 1 aromatic rings. The Hall–Kier alpha value is -1.58. The van der Waals surface area contributed by atoms with Crippen molar-refractivity contribution in [2.75, 3.05) is 11.9 Å². The Bertz CT molecular complexity index is 423. The molecule has 1 atom stereocenters. The number of benzene rings is 1. The highest BCUT2D eigenvalue weighted by atomic mass is 19.1. The van der Waals surface area contributed by atoms with Crippen LogP contribution < -0.4 is 5.32 Å². The van der Waals surface area contributed by atoms with E-state index in [2.05, 4.69) is 12.2 Å². The molecule has 3 nitrogen and oxygen atoms in total. The summed E-state index contributed by atoms with van der Waals surface area (Å²) in [6, 6.07) is 5.75. The Balaban J connectivity index is 2.53. The third-order valence-electron chi connectivity index (χ3n) is 3.33. The van der Waals surface area contributed by atoms with Gasteiger partial charge >= 0.3 is 5.97 Å². The fourth-order valence-corrected chi connectivity index (χ4v) is 2.22. The van der Waals surface area contributed by atoms with E-state index in [1.807, 2.05) is 0 Å². The second-order valence-corrected chi connectivity index (χ2v) is 5.16. The van der Waals surface area contributed by atoms with Crippen molar-refractivity contribution in [2.45, 2.75) is 58.4 Å². The zero-order valence-corrected chi connectivity index (χ0v) is 13.0. The molecule has 0 saturated heterocycles. The quantitative estimate of drug-likeness (QED) is 0.509. The summed E-state index contributed by atoms with van der Waals surface area (Å²) in [5.41, 5.74) is 0.613. The van der Waals surface area contributed by atoms with Crippen LogP contribution in [0.4, 0.5) is 10.1 Å². The van der Waals surface area contributed by atoms with Crippen molar-refractivity contribution in [2.24, 2.45) is 0 Å². The van der Waals surface area contributed by atoms with Gasteiger partial charge in [-0.05, 0) is 31.5 Å². The predicted octanol–water partition coefficient (Wildman–Crippen LogP) is 4.53. The maximum absolute atomic E-state index is 13.2. The summed E-state index contributed by atoms with van der Waals surface area (Å²) in [4.78, 5) is 12.0. The van der Waals surface area contributed by atoms with Crippen LogP contribution >= 0.6 is 0 Å². The summed E-state index contributed by atoms with van der Waals surface area (Å²) in [6.07, 6.45) is 6.38. The van der Waals surface area contributed by atoms with Crippen molar-refractivity contribution in [3.63, 3.8) is 0 Å². The predicted molar refractivity (Wildman–Crippen MR) is 83.8 cm³/mol. The van der Waals surface area contributed by atoms with Gasteiger partial charge in [-0.3, -0.25) is 0 Å². The summed E-state index contributed by atoms with van der Waals surface area (Å²) in [6.45, 7) is 4.32. The lowest BCUT2D eigenvalue weighted by Crippen LogP contribution is -2.31. The Morgan fingerprint density at radius 3 is 2.67 bits per heavy atom. The van der Waals surface area contributed by atoms with Gasteiger partial charge in [-0.2, -0.15) is 0 Å². The Kier molecular flexibility index (Phi) is 8.48. The summed E-state index contributed by atoms with van der Waals surface area (Å²) >= 11 is 0. The van der Waals surface area contributed by atoms with Crippen molar-refractivity contribution in [3.8, 4) is 0 Å². The van der Waals surface area contributed by atoms with Gasteiger partial charge in [-0.15, -0.1) is 0 Å².